The molecule has 0 saturated carbocycles. The van der Waals surface area contributed by atoms with Crippen LogP contribution in [-0.4, -0.2) is 0 Å². The first-order chi connectivity index (χ1) is 5.54. The Labute approximate surface area is 85.8 Å². The summed E-state index contributed by atoms with van der Waals surface area (Å²) in [6.45, 7) is 0. The molecule has 0 heterocycles. The van der Waals surface area contributed by atoms with Crippen molar-refractivity contribution in [2.24, 2.45) is 0 Å². The standard InChI is InChI=1S/C7H4F3.BrH.Hg/c8-7(9,10)6-4-2-1-3-5-6;;/h1-2,4-5H;1H;/q;;+1/p-1. The molecule has 0 atom stereocenters. The quantitative estimate of drug-likeness (QED) is 0.607. The van der Waals surface area contributed by atoms with Gasteiger partial charge in [0.05, 0.1) is 0 Å². The van der Waals surface area contributed by atoms with E-state index in [1.165, 1.54) is 12.1 Å². The van der Waals surface area contributed by atoms with Crippen LogP contribution in [0.15, 0.2) is 24.3 Å². The number of alkyl halides is 3. The maximum absolute atomic E-state index is 12.1. The van der Waals surface area contributed by atoms with Crippen molar-refractivity contribution in [2.75, 3.05) is 0 Å². The van der Waals surface area contributed by atoms with Crippen LogP contribution in [0.5, 0.6) is 0 Å². The summed E-state index contributed by atoms with van der Waals surface area (Å²) in [5, 5.41) is 0. The molecule has 0 unspecified atom stereocenters. The molecule has 0 bridgehead atoms. The van der Waals surface area contributed by atoms with Gasteiger partial charge in [-0.15, -0.1) is 0 Å². The minimum atomic E-state index is -4.20. The molecule has 1 aromatic rings. The molecular weight excluding hydrogens is 422 g/mol. The molecule has 0 aliphatic carbocycles. The van der Waals surface area contributed by atoms with E-state index in [1.54, 1.807) is 6.07 Å². The summed E-state index contributed by atoms with van der Waals surface area (Å²) in [4.78, 5) is 0. The van der Waals surface area contributed by atoms with Crippen molar-refractivity contribution in [2.45, 2.75) is 6.18 Å². The average molecular weight is 426 g/mol. The summed E-state index contributed by atoms with van der Waals surface area (Å²) in [7, 11) is 0. The molecule has 0 spiro atoms. The van der Waals surface area contributed by atoms with Crippen molar-refractivity contribution in [1.82, 2.24) is 0 Å². The Morgan fingerprint density at radius 2 is 1.92 bits per heavy atom. The van der Waals surface area contributed by atoms with E-state index in [1.807, 2.05) is 0 Å². The Hall–Kier alpha value is 0.425. The molecule has 0 saturated heterocycles. The zero-order chi connectivity index (χ0) is 9.19. The third kappa shape index (κ3) is 2.73. The van der Waals surface area contributed by atoms with Crippen LogP contribution in [0.4, 0.5) is 13.2 Å². The molecule has 1 rings (SSSR count). The Kier molecular flexibility index (Phi) is 3.58. The summed E-state index contributed by atoms with van der Waals surface area (Å²) in [6, 6.07) is 5.53. The van der Waals surface area contributed by atoms with Gasteiger partial charge in [-0.3, -0.25) is 0 Å². The zero-order valence-electron chi connectivity index (χ0n) is 6.03. The number of benzene rings is 1. The van der Waals surface area contributed by atoms with Gasteiger partial charge in [0.25, 0.3) is 0 Å². The van der Waals surface area contributed by atoms with Gasteiger partial charge in [-0.2, -0.15) is 0 Å². The average Bonchev–Trinajstić information content (AvgIpc) is 2.03. The third-order valence-corrected chi connectivity index (χ3v) is 10.00. The predicted molar refractivity (Wildman–Crippen MR) is 40.0 cm³/mol. The predicted octanol–water partition coefficient (Wildman–Crippen LogP) is 2.72. The Balaban J connectivity index is 3.02. The van der Waals surface area contributed by atoms with E-state index in [9.17, 15) is 13.2 Å². The van der Waals surface area contributed by atoms with Crippen molar-refractivity contribution in [3.8, 4) is 0 Å². The van der Waals surface area contributed by atoms with Gasteiger partial charge in [0.2, 0.25) is 0 Å². The van der Waals surface area contributed by atoms with Gasteiger partial charge in [0, 0.05) is 0 Å². The Bertz CT molecular complexity index is 272. The molecule has 62 valence electrons. The van der Waals surface area contributed by atoms with Crippen LogP contribution in [-0.2, 0) is 28.3 Å². The van der Waals surface area contributed by atoms with Crippen molar-refractivity contribution < 1.29 is 35.3 Å². The van der Waals surface area contributed by atoms with Crippen LogP contribution < -0.4 is 3.07 Å². The summed E-state index contributed by atoms with van der Waals surface area (Å²) < 4.78 is 37.2. The first-order valence-corrected chi connectivity index (χ1v) is 17.9. The van der Waals surface area contributed by atoms with Gasteiger partial charge in [0.1, 0.15) is 0 Å². The van der Waals surface area contributed by atoms with Gasteiger partial charge in [-0.1, -0.05) is 0 Å². The number of hydrogen-bond donors (Lipinski definition) is 0. The summed E-state index contributed by atoms with van der Waals surface area (Å²) in [6.07, 6.45) is -4.20. The molecule has 0 aromatic heterocycles. The first kappa shape index (κ1) is 10.5. The molecule has 1 aromatic carbocycles. The maximum atomic E-state index is 12.1. The van der Waals surface area contributed by atoms with E-state index >= 15 is 0 Å². The SMILES string of the molecule is FC(F)(F)c1ccc[c]([Hg][Br])c1. The van der Waals surface area contributed by atoms with E-state index < -0.39 is 33.9 Å². The molecule has 5 heteroatoms. The normalized spacial score (nSPS) is 11.0. The van der Waals surface area contributed by atoms with Gasteiger partial charge in [-0.05, 0) is 0 Å². The molecule has 0 nitrogen and oxygen atoms in total. The molecule has 0 fully saturated rings. The van der Waals surface area contributed by atoms with Crippen LogP contribution in [0.3, 0.4) is 0 Å². The molecule has 0 amide bonds. The minimum absolute atomic E-state index is 0.542. The summed E-state index contributed by atoms with van der Waals surface area (Å²) in [5.74, 6) is 0. The van der Waals surface area contributed by atoms with Crippen LogP contribution in [0.25, 0.3) is 0 Å². The molecule has 12 heavy (non-hydrogen) atoms. The van der Waals surface area contributed by atoms with Gasteiger partial charge in [-0.25, -0.2) is 0 Å². The second kappa shape index (κ2) is 4.09. The summed E-state index contributed by atoms with van der Waals surface area (Å²) in [5.41, 5.74) is -0.542. The monoisotopic (exact) mass is 426 g/mol. The van der Waals surface area contributed by atoms with Gasteiger partial charge >= 0.3 is 86.3 Å². The number of rotatable bonds is 1. The fourth-order valence-electron chi connectivity index (χ4n) is 0.831. The number of hydrogen-bond acceptors (Lipinski definition) is 0. The van der Waals surface area contributed by atoms with E-state index in [0.717, 1.165) is 9.14 Å². The van der Waals surface area contributed by atoms with E-state index in [2.05, 4.69) is 11.9 Å². The Morgan fingerprint density at radius 1 is 1.25 bits per heavy atom. The van der Waals surface area contributed by atoms with E-state index in [4.69, 9.17) is 0 Å². The van der Waals surface area contributed by atoms with Crippen molar-refractivity contribution in [3.05, 3.63) is 29.8 Å². The summed E-state index contributed by atoms with van der Waals surface area (Å²) >= 11 is 1.97. The van der Waals surface area contributed by atoms with Crippen LogP contribution in [0, 0.1) is 0 Å². The van der Waals surface area contributed by atoms with Crippen LogP contribution >= 0.6 is 11.9 Å². The van der Waals surface area contributed by atoms with Crippen molar-refractivity contribution in [3.63, 3.8) is 0 Å². The fraction of sp³-hybridized carbons (Fsp3) is 0.143. The molecule has 0 aliphatic heterocycles. The van der Waals surface area contributed by atoms with Crippen LogP contribution in [0.1, 0.15) is 5.56 Å². The van der Waals surface area contributed by atoms with E-state index in [-0.39, 0.29) is 0 Å². The number of halogens is 4. The van der Waals surface area contributed by atoms with Crippen molar-refractivity contribution >= 4 is 15.0 Å². The molecular formula is C7H4BrF3Hg. The second-order valence-corrected chi connectivity index (χ2v) is 11.5. The zero-order valence-corrected chi connectivity index (χ0v) is 13.1. The van der Waals surface area contributed by atoms with Crippen molar-refractivity contribution in [1.29, 1.82) is 0 Å². The first-order valence-electron chi connectivity index (χ1n) is 3.26. The topological polar surface area (TPSA) is 0 Å². The van der Waals surface area contributed by atoms with E-state index in [0.29, 0.717) is 0 Å². The van der Waals surface area contributed by atoms with Gasteiger partial charge in [0.15, 0.2) is 0 Å². The molecule has 0 radical (unpaired) electrons. The third-order valence-electron chi connectivity index (χ3n) is 1.41. The molecule has 0 N–H and O–H groups in total. The Morgan fingerprint density at radius 3 is 2.42 bits per heavy atom. The van der Waals surface area contributed by atoms with Crippen LogP contribution in [0.2, 0.25) is 0 Å². The second-order valence-electron chi connectivity index (χ2n) is 2.33. The van der Waals surface area contributed by atoms with Gasteiger partial charge < -0.3 is 0 Å². The molecule has 0 aliphatic rings. The fourth-order valence-corrected chi connectivity index (χ4v) is 5.92.